The van der Waals surface area contributed by atoms with Crippen molar-refractivity contribution in [3.63, 3.8) is 0 Å². The number of rotatable bonds is 3. The number of aryl methyl sites for hydroxylation is 1. The maximum absolute atomic E-state index is 7.32. The molecule has 0 saturated heterocycles. The van der Waals surface area contributed by atoms with Gasteiger partial charge >= 0.3 is 0 Å². The van der Waals surface area contributed by atoms with Gasteiger partial charge in [0.05, 0.1) is 11.9 Å². The quantitative estimate of drug-likeness (QED) is 0.849. The largest absolute Gasteiger partial charge is 0.352 e. The SMILES string of the molecule is Cn1cc(Nc2cc(Br)ccc2C=N)cn1. The zero-order valence-corrected chi connectivity index (χ0v) is 10.3. The lowest BCUT2D eigenvalue weighted by Crippen LogP contribution is -1.94. The number of hydrogen-bond acceptors (Lipinski definition) is 3. The third kappa shape index (κ3) is 2.30. The Bertz CT molecular complexity index is 518. The van der Waals surface area contributed by atoms with Crippen LogP contribution < -0.4 is 5.32 Å². The fourth-order valence-corrected chi connectivity index (χ4v) is 1.76. The summed E-state index contributed by atoms with van der Waals surface area (Å²) >= 11 is 3.41. The summed E-state index contributed by atoms with van der Waals surface area (Å²) in [4.78, 5) is 0. The van der Waals surface area contributed by atoms with Crippen LogP contribution in [0.1, 0.15) is 5.56 Å². The molecule has 1 heterocycles. The lowest BCUT2D eigenvalue weighted by atomic mass is 10.2. The van der Waals surface area contributed by atoms with Gasteiger partial charge in [0, 0.05) is 35.2 Å². The van der Waals surface area contributed by atoms with Gasteiger partial charge in [-0.1, -0.05) is 22.0 Å². The van der Waals surface area contributed by atoms with E-state index in [-0.39, 0.29) is 0 Å². The Labute approximate surface area is 102 Å². The zero-order valence-electron chi connectivity index (χ0n) is 8.74. The van der Waals surface area contributed by atoms with Crippen LogP contribution in [-0.2, 0) is 7.05 Å². The molecule has 2 rings (SSSR count). The van der Waals surface area contributed by atoms with Crippen molar-refractivity contribution in [2.24, 2.45) is 7.05 Å². The Hall–Kier alpha value is -1.62. The van der Waals surface area contributed by atoms with Crippen LogP contribution in [0.2, 0.25) is 0 Å². The maximum Gasteiger partial charge on any atom is 0.0770 e. The molecule has 0 atom stereocenters. The summed E-state index contributed by atoms with van der Waals surface area (Å²) in [7, 11) is 1.86. The molecule has 0 aliphatic carbocycles. The van der Waals surface area contributed by atoms with E-state index < -0.39 is 0 Å². The molecule has 0 aliphatic rings. The Morgan fingerprint density at radius 1 is 1.50 bits per heavy atom. The van der Waals surface area contributed by atoms with Crippen LogP contribution in [0.5, 0.6) is 0 Å². The van der Waals surface area contributed by atoms with E-state index in [1.807, 2.05) is 31.4 Å². The third-order valence-electron chi connectivity index (χ3n) is 2.15. The second kappa shape index (κ2) is 4.49. The van der Waals surface area contributed by atoms with Crippen molar-refractivity contribution in [3.8, 4) is 0 Å². The minimum Gasteiger partial charge on any atom is -0.352 e. The van der Waals surface area contributed by atoms with Crippen LogP contribution in [0.3, 0.4) is 0 Å². The van der Waals surface area contributed by atoms with Crippen LogP contribution in [0.4, 0.5) is 11.4 Å². The van der Waals surface area contributed by atoms with Crippen molar-refractivity contribution < 1.29 is 0 Å². The predicted octanol–water partition coefficient (Wildman–Crippen LogP) is 2.92. The van der Waals surface area contributed by atoms with Gasteiger partial charge in [0.15, 0.2) is 0 Å². The molecule has 0 fully saturated rings. The molecule has 0 bridgehead atoms. The van der Waals surface area contributed by atoms with Crippen molar-refractivity contribution in [3.05, 3.63) is 40.6 Å². The van der Waals surface area contributed by atoms with Gasteiger partial charge in [0.1, 0.15) is 0 Å². The number of hydrogen-bond donors (Lipinski definition) is 2. The van der Waals surface area contributed by atoms with Crippen LogP contribution in [0, 0.1) is 5.41 Å². The highest BCUT2D eigenvalue weighted by Gasteiger charge is 2.02. The normalized spacial score (nSPS) is 10.1. The molecule has 16 heavy (non-hydrogen) atoms. The first-order valence-corrected chi connectivity index (χ1v) is 5.54. The molecule has 0 unspecified atom stereocenters. The van der Waals surface area contributed by atoms with E-state index in [0.29, 0.717) is 0 Å². The summed E-state index contributed by atoms with van der Waals surface area (Å²) in [6, 6.07) is 5.73. The molecule has 4 nitrogen and oxygen atoms in total. The van der Waals surface area contributed by atoms with Crippen LogP contribution in [0.25, 0.3) is 0 Å². The first-order valence-electron chi connectivity index (χ1n) is 4.75. The molecule has 5 heteroatoms. The molecule has 0 spiro atoms. The average molecular weight is 279 g/mol. The van der Waals surface area contributed by atoms with Gasteiger partial charge in [-0.15, -0.1) is 0 Å². The highest BCUT2D eigenvalue weighted by molar-refractivity contribution is 9.10. The van der Waals surface area contributed by atoms with E-state index in [1.54, 1.807) is 10.9 Å². The number of aromatic nitrogens is 2. The summed E-state index contributed by atoms with van der Waals surface area (Å²) in [6.07, 6.45) is 4.95. The summed E-state index contributed by atoms with van der Waals surface area (Å²) in [5.74, 6) is 0. The Morgan fingerprint density at radius 2 is 2.31 bits per heavy atom. The summed E-state index contributed by atoms with van der Waals surface area (Å²) in [6.45, 7) is 0. The summed E-state index contributed by atoms with van der Waals surface area (Å²) < 4.78 is 2.70. The first-order chi connectivity index (χ1) is 7.69. The number of nitrogens with zero attached hydrogens (tertiary/aromatic N) is 2. The molecule has 2 aromatic rings. The lowest BCUT2D eigenvalue weighted by Gasteiger charge is -2.07. The Kier molecular flexibility index (Phi) is 3.05. The molecule has 0 amide bonds. The van der Waals surface area contributed by atoms with Gasteiger partial charge in [-0.2, -0.15) is 5.10 Å². The topological polar surface area (TPSA) is 53.7 Å². The van der Waals surface area contributed by atoms with Crippen molar-refractivity contribution >= 4 is 33.5 Å². The Balaban J connectivity index is 2.32. The smallest absolute Gasteiger partial charge is 0.0770 e. The standard InChI is InChI=1S/C11H11BrN4/c1-16-7-10(6-14-16)15-11-4-9(12)3-2-8(11)5-13/h2-7,13,15H,1H3. The number of anilines is 2. The highest BCUT2D eigenvalue weighted by atomic mass is 79.9. The van der Waals surface area contributed by atoms with Crippen LogP contribution in [-0.4, -0.2) is 16.0 Å². The predicted molar refractivity (Wildman–Crippen MR) is 68.5 cm³/mol. The van der Waals surface area contributed by atoms with E-state index in [1.165, 1.54) is 6.21 Å². The van der Waals surface area contributed by atoms with Gasteiger partial charge in [0.25, 0.3) is 0 Å². The molecule has 0 aliphatic heterocycles. The molecule has 2 N–H and O–H groups in total. The van der Waals surface area contributed by atoms with Crippen LogP contribution >= 0.6 is 15.9 Å². The monoisotopic (exact) mass is 278 g/mol. The third-order valence-corrected chi connectivity index (χ3v) is 2.65. The van der Waals surface area contributed by atoms with Crippen molar-refractivity contribution in [1.29, 1.82) is 5.41 Å². The van der Waals surface area contributed by atoms with E-state index in [4.69, 9.17) is 5.41 Å². The minimum absolute atomic E-state index is 0.840. The van der Waals surface area contributed by atoms with E-state index in [9.17, 15) is 0 Å². The number of benzene rings is 1. The molecular weight excluding hydrogens is 268 g/mol. The van der Waals surface area contributed by atoms with Gasteiger partial charge in [0.2, 0.25) is 0 Å². The van der Waals surface area contributed by atoms with Gasteiger partial charge < -0.3 is 10.7 Å². The first kappa shape index (κ1) is 10.9. The van der Waals surface area contributed by atoms with E-state index in [0.717, 1.165) is 21.4 Å². The molecular formula is C11H11BrN4. The van der Waals surface area contributed by atoms with Crippen molar-refractivity contribution in [2.45, 2.75) is 0 Å². The van der Waals surface area contributed by atoms with Crippen LogP contribution in [0.15, 0.2) is 35.1 Å². The zero-order chi connectivity index (χ0) is 11.5. The van der Waals surface area contributed by atoms with Crippen molar-refractivity contribution in [1.82, 2.24) is 9.78 Å². The second-order valence-corrected chi connectivity index (χ2v) is 4.32. The molecule has 0 saturated carbocycles. The fourth-order valence-electron chi connectivity index (χ4n) is 1.40. The Morgan fingerprint density at radius 3 is 2.94 bits per heavy atom. The maximum atomic E-state index is 7.32. The summed E-state index contributed by atoms with van der Waals surface area (Å²) in [5.41, 5.74) is 2.63. The number of halogens is 1. The molecule has 1 aromatic heterocycles. The molecule has 1 aromatic carbocycles. The highest BCUT2D eigenvalue weighted by Crippen LogP contribution is 2.23. The fraction of sp³-hybridized carbons (Fsp3) is 0.0909. The van der Waals surface area contributed by atoms with Crippen molar-refractivity contribution in [2.75, 3.05) is 5.32 Å². The molecule has 0 radical (unpaired) electrons. The van der Waals surface area contributed by atoms with Gasteiger partial charge in [-0.3, -0.25) is 4.68 Å². The second-order valence-electron chi connectivity index (χ2n) is 3.40. The molecule has 82 valence electrons. The lowest BCUT2D eigenvalue weighted by molar-refractivity contribution is 0.768. The summed E-state index contributed by atoms with van der Waals surface area (Å²) in [5, 5.41) is 14.6. The average Bonchev–Trinajstić information content (AvgIpc) is 2.64. The van der Waals surface area contributed by atoms with E-state index in [2.05, 4.69) is 26.3 Å². The van der Waals surface area contributed by atoms with E-state index >= 15 is 0 Å². The minimum atomic E-state index is 0.840. The number of nitrogens with one attached hydrogen (secondary N) is 2. The van der Waals surface area contributed by atoms with Gasteiger partial charge in [-0.05, 0) is 12.1 Å². The van der Waals surface area contributed by atoms with Gasteiger partial charge in [-0.25, -0.2) is 0 Å².